The number of rotatable bonds is 7. The molecule has 0 aromatic heterocycles. The van der Waals surface area contributed by atoms with Gasteiger partial charge in [-0.3, -0.25) is 14.5 Å². The van der Waals surface area contributed by atoms with Gasteiger partial charge < -0.3 is 15.0 Å². The number of urea groups is 1. The molecule has 7 heteroatoms. The van der Waals surface area contributed by atoms with Crippen LogP contribution in [0.4, 0.5) is 4.79 Å². The second-order valence-electron chi connectivity index (χ2n) is 9.00. The highest BCUT2D eigenvalue weighted by Gasteiger charge is 2.54. The summed E-state index contributed by atoms with van der Waals surface area (Å²) in [6.45, 7) is 2.22. The van der Waals surface area contributed by atoms with E-state index in [0.29, 0.717) is 23.8 Å². The highest BCUT2D eigenvalue weighted by molar-refractivity contribution is 6.12. The van der Waals surface area contributed by atoms with Gasteiger partial charge in [-0.2, -0.15) is 0 Å². The summed E-state index contributed by atoms with van der Waals surface area (Å²) in [5.74, 6) is 0.479. The summed E-state index contributed by atoms with van der Waals surface area (Å²) in [7, 11) is 1.58. The van der Waals surface area contributed by atoms with Crippen molar-refractivity contribution in [1.29, 1.82) is 0 Å². The molecule has 1 saturated carbocycles. The van der Waals surface area contributed by atoms with Gasteiger partial charge >= 0.3 is 6.03 Å². The molecule has 1 N–H and O–H groups in total. The maximum absolute atomic E-state index is 13.5. The number of nitrogens with zero attached hydrogens (tertiary/aromatic N) is 2. The number of imide groups is 1. The first-order valence-electron chi connectivity index (χ1n) is 11.3. The molecule has 1 saturated heterocycles. The first kappa shape index (κ1) is 21.2. The average molecular weight is 446 g/mol. The van der Waals surface area contributed by atoms with E-state index in [4.69, 9.17) is 4.74 Å². The Morgan fingerprint density at radius 2 is 1.97 bits per heavy atom. The number of hydrogen-bond donors (Lipinski definition) is 1. The molecule has 5 rings (SSSR count). The normalized spacial score (nSPS) is 21.8. The first-order valence-corrected chi connectivity index (χ1v) is 11.3. The smallest absolute Gasteiger partial charge is 0.326 e. The number of carbonyl (C=O) groups is 3. The lowest BCUT2D eigenvalue weighted by Gasteiger charge is -2.31. The third-order valence-electron chi connectivity index (χ3n) is 6.93. The molecule has 2 aromatic rings. The largest absolute Gasteiger partial charge is 0.497 e. The third kappa shape index (κ3) is 3.67. The van der Waals surface area contributed by atoms with Crippen LogP contribution in [0.3, 0.4) is 0 Å². The number of methoxy groups -OCH3 is 1. The van der Waals surface area contributed by atoms with Crippen molar-refractivity contribution in [3.63, 3.8) is 0 Å². The second kappa shape index (κ2) is 8.06. The zero-order valence-electron chi connectivity index (χ0n) is 18.8. The van der Waals surface area contributed by atoms with Crippen LogP contribution in [0.25, 0.3) is 6.08 Å². The van der Waals surface area contributed by atoms with Gasteiger partial charge in [0.25, 0.3) is 5.91 Å². The van der Waals surface area contributed by atoms with Crippen molar-refractivity contribution in [2.24, 2.45) is 5.92 Å². The Bertz CT molecular complexity index is 1140. The van der Waals surface area contributed by atoms with Gasteiger partial charge in [-0.05, 0) is 60.6 Å². The van der Waals surface area contributed by atoms with Gasteiger partial charge in [0.1, 0.15) is 12.3 Å². The number of hydrogen-bond acceptors (Lipinski definition) is 4. The minimum atomic E-state index is -1.27. The number of carbonyl (C=O) groups excluding carboxylic acids is 3. The molecule has 2 atom stereocenters. The summed E-state index contributed by atoms with van der Waals surface area (Å²) < 4.78 is 5.27. The molecule has 2 aliphatic carbocycles. The van der Waals surface area contributed by atoms with Gasteiger partial charge in [0.05, 0.1) is 7.11 Å². The summed E-state index contributed by atoms with van der Waals surface area (Å²) in [5.41, 5.74) is 1.24. The Morgan fingerprint density at radius 3 is 2.67 bits per heavy atom. The number of amides is 4. The van der Waals surface area contributed by atoms with Crippen molar-refractivity contribution in [2.45, 2.75) is 37.9 Å². The van der Waals surface area contributed by atoms with Gasteiger partial charge in [0, 0.05) is 12.6 Å². The molecule has 7 nitrogen and oxygen atoms in total. The summed E-state index contributed by atoms with van der Waals surface area (Å²) in [4.78, 5) is 42.6. The summed E-state index contributed by atoms with van der Waals surface area (Å²) in [6, 6.07) is 14.7. The van der Waals surface area contributed by atoms with Crippen molar-refractivity contribution >= 4 is 23.9 Å². The molecular formula is C26H27N3O4. The van der Waals surface area contributed by atoms with E-state index in [1.165, 1.54) is 0 Å². The lowest BCUT2D eigenvalue weighted by molar-refractivity contribution is -0.140. The van der Waals surface area contributed by atoms with Crippen LogP contribution < -0.4 is 10.1 Å². The first-order chi connectivity index (χ1) is 15.9. The molecule has 2 aromatic carbocycles. The van der Waals surface area contributed by atoms with E-state index in [-0.39, 0.29) is 18.5 Å². The molecule has 0 bridgehead atoms. The maximum atomic E-state index is 13.5. The van der Waals surface area contributed by atoms with E-state index < -0.39 is 17.5 Å². The monoisotopic (exact) mass is 445 g/mol. The summed E-state index contributed by atoms with van der Waals surface area (Å²) in [6.07, 6.45) is 5.68. The SMILES string of the molecule is COc1ccc2c(c1)C=CC21NC(=O)N(CC(=O)N(Cc2ccccc2)C(C)C2CC2)C1=O. The lowest BCUT2D eigenvalue weighted by atomic mass is 9.92. The van der Waals surface area contributed by atoms with Crippen LogP contribution in [0.2, 0.25) is 0 Å². The van der Waals surface area contributed by atoms with E-state index in [1.807, 2.05) is 41.3 Å². The molecule has 33 heavy (non-hydrogen) atoms. The highest BCUT2D eigenvalue weighted by Crippen LogP contribution is 2.40. The number of nitrogens with one attached hydrogen (secondary N) is 1. The van der Waals surface area contributed by atoms with Crippen LogP contribution >= 0.6 is 0 Å². The van der Waals surface area contributed by atoms with Crippen LogP contribution in [0.15, 0.2) is 54.6 Å². The fourth-order valence-electron chi connectivity index (χ4n) is 4.80. The highest BCUT2D eigenvalue weighted by atomic mass is 16.5. The Labute approximate surface area is 193 Å². The molecule has 0 radical (unpaired) electrons. The van der Waals surface area contributed by atoms with Gasteiger partial charge in [0.2, 0.25) is 5.91 Å². The summed E-state index contributed by atoms with van der Waals surface area (Å²) in [5, 5.41) is 2.82. The van der Waals surface area contributed by atoms with Crippen LogP contribution in [0.5, 0.6) is 5.75 Å². The summed E-state index contributed by atoms with van der Waals surface area (Å²) >= 11 is 0. The lowest BCUT2D eigenvalue weighted by Crippen LogP contribution is -2.47. The van der Waals surface area contributed by atoms with Gasteiger partial charge in [0.15, 0.2) is 5.54 Å². The zero-order chi connectivity index (χ0) is 23.2. The molecule has 3 aliphatic rings. The van der Waals surface area contributed by atoms with Crippen LogP contribution in [-0.4, -0.2) is 47.3 Å². The van der Waals surface area contributed by atoms with Crippen molar-refractivity contribution in [3.05, 3.63) is 71.3 Å². The average Bonchev–Trinajstić information content (AvgIpc) is 3.58. The van der Waals surface area contributed by atoms with Crippen molar-refractivity contribution in [2.75, 3.05) is 13.7 Å². The number of fused-ring (bicyclic) bond motifs is 2. The van der Waals surface area contributed by atoms with Crippen LogP contribution in [0.1, 0.15) is 36.5 Å². The second-order valence-corrected chi connectivity index (χ2v) is 9.00. The van der Waals surface area contributed by atoms with E-state index in [9.17, 15) is 14.4 Å². The third-order valence-corrected chi connectivity index (χ3v) is 6.93. The van der Waals surface area contributed by atoms with Crippen molar-refractivity contribution in [3.8, 4) is 5.75 Å². The maximum Gasteiger partial charge on any atom is 0.326 e. The number of benzene rings is 2. The Kier molecular flexibility index (Phi) is 5.19. The molecule has 4 amide bonds. The van der Waals surface area contributed by atoms with E-state index >= 15 is 0 Å². The fourth-order valence-corrected chi connectivity index (χ4v) is 4.80. The van der Waals surface area contributed by atoms with Crippen molar-refractivity contribution in [1.82, 2.24) is 15.1 Å². The molecule has 1 heterocycles. The zero-order valence-corrected chi connectivity index (χ0v) is 18.8. The van der Waals surface area contributed by atoms with Crippen molar-refractivity contribution < 1.29 is 19.1 Å². The minimum Gasteiger partial charge on any atom is -0.497 e. The van der Waals surface area contributed by atoms with Crippen LogP contribution in [0, 0.1) is 5.92 Å². The Hall–Kier alpha value is -3.61. The van der Waals surface area contributed by atoms with E-state index in [0.717, 1.165) is 28.9 Å². The molecule has 1 spiro atoms. The van der Waals surface area contributed by atoms with Gasteiger partial charge in [-0.15, -0.1) is 0 Å². The van der Waals surface area contributed by atoms with Gasteiger partial charge in [-0.25, -0.2) is 4.79 Å². The Morgan fingerprint density at radius 1 is 1.21 bits per heavy atom. The Balaban J connectivity index is 1.37. The molecule has 170 valence electrons. The number of ether oxygens (including phenoxy) is 1. The van der Waals surface area contributed by atoms with Gasteiger partial charge in [-0.1, -0.05) is 42.5 Å². The van der Waals surface area contributed by atoms with Crippen LogP contribution in [-0.2, 0) is 21.7 Å². The molecule has 2 unspecified atom stereocenters. The fraction of sp³-hybridized carbons (Fsp3) is 0.346. The topological polar surface area (TPSA) is 79.0 Å². The molecule has 2 fully saturated rings. The molecule has 1 aliphatic heterocycles. The predicted octanol–water partition coefficient (Wildman–Crippen LogP) is 3.30. The van der Waals surface area contributed by atoms with E-state index in [2.05, 4.69) is 12.2 Å². The molecular weight excluding hydrogens is 418 g/mol. The standard InChI is InChI=1S/C26H27N3O4/c1-17(19-8-9-19)28(15-18-6-4-3-5-7-18)23(30)16-29-24(31)26(27-25(29)32)13-12-20-14-21(33-2)10-11-22(20)26/h3-7,10-14,17,19H,8-9,15-16H2,1-2H3,(H,27,32). The minimum absolute atomic E-state index is 0.0481. The van der Waals surface area contributed by atoms with E-state index in [1.54, 1.807) is 31.4 Å². The predicted molar refractivity (Wildman–Crippen MR) is 123 cm³/mol. The quantitative estimate of drug-likeness (QED) is 0.664.